The van der Waals surface area contributed by atoms with Gasteiger partial charge in [0.15, 0.2) is 0 Å². The Kier molecular flexibility index (Phi) is 4.37. The highest BCUT2D eigenvalue weighted by molar-refractivity contribution is 7.99. The van der Waals surface area contributed by atoms with Crippen LogP contribution in [0.15, 0.2) is 29.2 Å². The van der Waals surface area contributed by atoms with Gasteiger partial charge in [-0.05, 0) is 31.2 Å². The molecule has 1 aromatic rings. The zero-order valence-corrected chi connectivity index (χ0v) is 9.21. The van der Waals surface area contributed by atoms with Crippen molar-refractivity contribution in [3.8, 4) is 0 Å². The van der Waals surface area contributed by atoms with Gasteiger partial charge in [0.25, 0.3) is 0 Å². The Morgan fingerprint density at radius 2 is 1.87 bits per heavy atom. The number of carboxylic acid groups (broad SMARTS) is 1. The minimum atomic E-state index is -0.921. The molecule has 0 aliphatic heterocycles. The van der Waals surface area contributed by atoms with E-state index in [0.717, 1.165) is 10.6 Å². The fraction of sp³-hybridized carbons (Fsp3) is 0.273. The van der Waals surface area contributed by atoms with E-state index in [2.05, 4.69) is 0 Å². The summed E-state index contributed by atoms with van der Waals surface area (Å²) in [6.07, 6.45) is 0.547. The molecule has 0 amide bonds. The highest BCUT2D eigenvalue weighted by Gasteiger charge is 2.02. The second kappa shape index (κ2) is 5.56. The molecule has 3 nitrogen and oxygen atoms in total. The number of aromatic carboxylic acids is 1. The summed E-state index contributed by atoms with van der Waals surface area (Å²) in [4.78, 5) is 22.2. The minimum Gasteiger partial charge on any atom is -0.478 e. The first-order valence-electron chi connectivity index (χ1n) is 4.55. The van der Waals surface area contributed by atoms with E-state index >= 15 is 0 Å². The van der Waals surface area contributed by atoms with E-state index in [0.29, 0.717) is 6.42 Å². The van der Waals surface area contributed by atoms with E-state index in [4.69, 9.17) is 5.11 Å². The predicted molar refractivity (Wildman–Crippen MR) is 59.4 cm³/mol. The lowest BCUT2D eigenvalue weighted by atomic mass is 10.2. The molecule has 80 valence electrons. The van der Waals surface area contributed by atoms with Crippen LogP contribution in [0.25, 0.3) is 0 Å². The van der Waals surface area contributed by atoms with Gasteiger partial charge in [-0.15, -0.1) is 11.8 Å². The maximum absolute atomic E-state index is 10.7. The third-order valence-corrected chi connectivity index (χ3v) is 2.84. The number of carbonyl (C=O) groups excluding carboxylic acids is 1. The van der Waals surface area contributed by atoms with Crippen molar-refractivity contribution < 1.29 is 14.7 Å². The Bertz CT molecular complexity index is 357. The summed E-state index contributed by atoms with van der Waals surface area (Å²) in [5.74, 6) is -0.0122. The lowest BCUT2D eigenvalue weighted by Crippen LogP contribution is -1.95. The van der Waals surface area contributed by atoms with Gasteiger partial charge in [0.2, 0.25) is 0 Å². The first-order valence-corrected chi connectivity index (χ1v) is 5.54. The van der Waals surface area contributed by atoms with Crippen molar-refractivity contribution >= 4 is 23.5 Å². The van der Waals surface area contributed by atoms with Crippen LogP contribution < -0.4 is 0 Å². The molecule has 1 N–H and O–H groups in total. The van der Waals surface area contributed by atoms with Gasteiger partial charge in [-0.3, -0.25) is 4.79 Å². The standard InChI is InChI=1S/C11H12O3S/c1-8(12)6-7-15-10-4-2-9(3-5-10)11(13)14/h2-5H,6-7H2,1H3,(H,13,14). The maximum atomic E-state index is 10.7. The van der Waals surface area contributed by atoms with Crippen molar-refractivity contribution in [1.29, 1.82) is 0 Å². The van der Waals surface area contributed by atoms with E-state index in [1.807, 2.05) is 0 Å². The van der Waals surface area contributed by atoms with Crippen molar-refractivity contribution in [1.82, 2.24) is 0 Å². The number of carbonyl (C=O) groups is 2. The first kappa shape index (κ1) is 11.8. The molecule has 0 aliphatic rings. The van der Waals surface area contributed by atoms with Crippen LogP contribution in [0.3, 0.4) is 0 Å². The Hall–Kier alpha value is -1.29. The highest BCUT2D eigenvalue weighted by atomic mass is 32.2. The summed E-state index contributed by atoms with van der Waals surface area (Å²) in [7, 11) is 0. The quantitative estimate of drug-likeness (QED) is 0.780. The van der Waals surface area contributed by atoms with Crippen LogP contribution in [-0.4, -0.2) is 22.6 Å². The Labute approximate surface area is 92.5 Å². The summed E-state index contributed by atoms with van der Waals surface area (Å²) < 4.78 is 0. The third kappa shape index (κ3) is 4.16. The predicted octanol–water partition coefficient (Wildman–Crippen LogP) is 2.46. The largest absolute Gasteiger partial charge is 0.478 e. The average Bonchev–Trinajstić information content (AvgIpc) is 2.18. The molecule has 0 spiro atoms. The molecule has 0 fully saturated rings. The van der Waals surface area contributed by atoms with E-state index in [-0.39, 0.29) is 11.3 Å². The maximum Gasteiger partial charge on any atom is 0.335 e. The zero-order valence-electron chi connectivity index (χ0n) is 8.40. The molecule has 0 saturated heterocycles. The van der Waals surface area contributed by atoms with Crippen LogP contribution in [-0.2, 0) is 4.79 Å². The first-order chi connectivity index (χ1) is 7.09. The normalized spacial score (nSPS) is 9.93. The lowest BCUT2D eigenvalue weighted by Gasteiger charge is -2.00. The Balaban J connectivity index is 2.50. The van der Waals surface area contributed by atoms with Gasteiger partial charge in [0.05, 0.1) is 5.56 Å². The molecule has 0 aromatic heterocycles. The molecule has 4 heteroatoms. The fourth-order valence-electron chi connectivity index (χ4n) is 1.01. The van der Waals surface area contributed by atoms with Gasteiger partial charge in [-0.2, -0.15) is 0 Å². The molecule has 0 atom stereocenters. The number of Topliss-reactive ketones (excluding diaryl/α,β-unsaturated/α-hetero) is 1. The summed E-state index contributed by atoms with van der Waals surface area (Å²) in [5, 5.41) is 8.67. The van der Waals surface area contributed by atoms with Crippen LogP contribution in [0.4, 0.5) is 0 Å². The topological polar surface area (TPSA) is 54.4 Å². The number of benzene rings is 1. The summed E-state index contributed by atoms with van der Waals surface area (Å²) >= 11 is 1.56. The van der Waals surface area contributed by atoms with Gasteiger partial charge < -0.3 is 5.11 Å². The molecule has 1 rings (SSSR count). The van der Waals surface area contributed by atoms with Gasteiger partial charge in [0.1, 0.15) is 5.78 Å². The second-order valence-electron chi connectivity index (χ2n) is 3.13. The highest BCUT2D eigenvalue weighted by Crippen LogP contribution is 2.19. The van der Waals surface area contributed by atoms with Crippen molar-refractivity contribution in [3.63, 3.8) is 0 Å². The number of hydrogen-bond donors (Lipinski definition) is 1. The summed E-state index contributed by atoms with van der Waals surface area (Å²) in [6.45, 7) is 1.56. The molecule has 1 aromatic carbocycles. The van der Waals surface area contributed by atoms with E-state index in [1.54, 1.807) is 43.0 Å². The Morgan fingerprint density at radius 1 is 1.27 bits per heavy atom. The van der Waals surface area contributed by atoms with Crippen LogP contribution in [0.1, 0.15) is 23.7 Å². The molecule has 0 aliphatic carbocycles. The molecule has 0 unspecified atom stereocenters. The number of carboxylic acids is 1. The van der Waals surface area contributed by atoms with Crippen molar-refractivity contribution in [2.24, 2.45) is 0 Å². The SMILES string of the molecule is CC(=O)CCSc1ccc(C(=O)O)cc1. The zero-order chi connectivity index (χ0) is 11.3. The second-order valence-corrected chi connectivity index (χ2v) is 4.30. The van der Waals surface area contributed by atoms with Gasteiger partial charge in [-0.25, -0.2) is 4.79 Å². The summed E-state index contributed by atoms with van der Waals surface area (Å²) in [5.41, 5.74) is 0.283. The van der Waals surface area contributed by atoms with E-state index < -0.39 is 5.97 Å². The molecule has 0 saturated carbocycles. The van der Waals surface area contributed by atoms with E-state index in [1.165, 1.54) is 0 Å². The van der Waals surface area contributed by atoms with Gasteiger partial charge in [0, 0.05) is 17.1 Å². The number of thioether (sulfide) groups is 1. The number of rotatable bonds is 5. The minimum absolute atomic E-state index is 0.171. The average molecular weight is 224 g/mol. The van der Waals surface area contributed by atoms with Crippen LogP contribution in [0.2, 0.25) is 0 Å². The smallest absolute Gasteiger partial charge is 0.335 e. The number of hydrogen-bond acceptors (Lipinski definition) is 3. The summed E-state index contributed by atoms with van der Waals surface area (Å²) in [6, 6.07) is 6.65. The third-order valence-electron chi connectivity index (χ3n) is 1.82. The molecule has 0 radical (unpaired) electrons. The van der Waals surface area contributed by atoms with Crippen LogP contribution >= 0.6 is 11.8 Å². The van der Waals surface area contributed by atoms with Gasteiger partial charge >= 0.3 is 5.97 Å². The van der Waals surface area contributed by atoms with Crippen LogP contribution in [0, 0.1) is 0 Å². The molecule has 15 heavy (non-hydrogen) atoms. The molecular weight excluding hydrogens is 212 g/mol. The van der Waals surface area contributed by atoms with Gasteiger partial charge in [-0.1, -0.05) is 0 Å². The molecule has 0 bridgehead atoms. The lowest BCUT2D eigenvalue weighted by molar-refractivity contribution is -0.116. The number of ketones is 1. The van der Waals surface area contributed by atoms with Crippen molar-refractivity contribution in [3.05, 3.63) is 29.8 Å². The van der Waals surface area contributed by atoms with Crippen molar-refractivity contribution in [2.45, 2.75) is 18.2 Å². The van der Waals surface area contributed by atoms with Crippen LogP contribution in [0.5, 0.6) is 0 Å². The molecule has 0 heterocycles. The Morgan fingerprint density at radius 3 is 2.33 bits per heavy atom. The monoisotopic (exact) mass is 224 g/mol. The van der Waals surface area contributed by atoms with Crippen molar-refractivity contribution in [2.75, 3.05) is 5.75 Å². The molecular formula is C11H12O3S. The fourth-order valence-corrected chi connectivity index (χ4v) is 1.96. The van der Waals surface area contributed by atoms with E-state index in [9.17, 15) is 9.59 Å².